The molecule has 25 heavy (non-hydrogen) atoms. The standard InChI is InChI=1S/C19H20N4O2/c1-12-9-10-23-15(11-12)20-16(19(2,3)4)17(23)22-21-14-8-6-5-7-13(14)18(24)25/h5-11H,1-4H3,(H,24,25). The number of rotatable bonds is 3. The maximum Gasteiger partial charge on any atom is 0.337 e. The lowest BCUT2D eigenvalue weighted by Gasteiger charge is -2.15. The molecule has 0 spiro atoms. The number of benzene rings is 1. The summed E-state index contributed by atoms with van der Waals surface area (Å²) >= 11 is 0. The van der Waals surface area contributed by atoms with Crippen LogP contribution < -0.4 is 0 Å². The third-order valence-corrected chi connectivity index (χ3v) is 3.85. The van der Waals surface area contributed by atoms with Gasteiger partial charge in [-0.2, -0.15) is 0 Å². The van der Waals surface area contributed by atoms with Crippen molar-refractivity contribution in [3.63, 3.8) is 0 Å². The third kappa shape index (κ3) is 3.28. The third-order valence-electron chi connectivity index (χ3n) is 3.85. The van der Waals surface area contributed by atoms with E-state index in [2.05, 4.69) is 31.0 Å². The minimum absolute atomic E-state index is 0.119. The molecule has 0 amide bonds. The number of hydrogen-bond donors (Lipinski definition) is 1. The molecule has 1 N–H and O–H groups in total. The number of aromatic nitrogens is 2. The van der Waals surface area contributed by atoms with Crippen LogP contribution in [0, 0.1) is 6.92 Å². The number of azo groups is 1. The Morgan fingerprint density at radius 1 is 1.16 bits per heavy atom. The lowest BCUT2D eigenvalue weighted by atomic mass is 9.92. The van der Waals surface area contributed by atoms with Gasteiger partial charge in [0.25, 0.3) is 0 Å². The summed E-state index contributed by atoms with van der Waals surface area (Å²) in [5.74, 6) is -0.415. The molecule has 0 saturated carbocycles. The van der Waals surface area contributed by atoms with Gasteiger partial charge in [-0.25, -0.2) is 9.78 Å². The maximum atomic E-state index is 11.3. The van der Waals surface area contributed by atoms with Gasteiger partial charge in [0.05, 0.1) is 11.3 Å². The van der Waals surface area contributed by atoms with Crippen LogP contribution in [0.4, 0.5) is 11.5 Å². The Hall–Kier alpha value is -3.02. The summed E-state index contributed by atoms with van der Waals surface area (Å²) < 4.78 is 1.88. The Morgan fingerprint density at radius 3 is 2.56 bits per heavy atom. The van der Waals surface area contributed by atoms with Gasteiger partial charge in [0.1, 0.15) is 11.3 Å². The highest BCUT2D eigenvalue weighted by Crippen LogP contribution is 2.33. The number of aromatic carboxylic acids is 1. The Balaban J connectivity index is 2.17. The summed E-state index contributed by atoms with van der Waals surface area (Å²) in [7, 11) is 0. The van der Waals surface area contributed by atoms with Crippen LogP contribution in [0.5, 0.6) is 0 Å². The number of nitrogens with zero attached hydrogens (tertiary/aromatic N) is 4. The van der Waals surface area contributed by atoms with Crippen LogP contribution in [0.1, 0.15) is 42.4 Å². The largest absolute Gasteiger partial charge is 0.478 e. The molecule has 6 heteroatoms. The highest BCUT2D eigenvalue weighted by atomic mass is 16.4. The topological polar surface area (TPSA) is 79.3 Å². The van der Waals surface area contributed by atoms with E-state index in [1.807, 2.05) is 29.7 Å². The van der Waals surface area contributed by atoms with Crippen LogP contribution in [-0.4, -0.2) is 20.5 Å². The van der Waals surface area contributed by atoms with Crippen LogP contribution in [0.2, 0.25) is 0 Å². The van der Waals surface area contributed by atoms with E-state index in [1.54, 1.807) is 18.2 Å². The molecule has 0 bridgehead atoms. The SMILES string of the molecule is Cc1ccn2c(N=Nc3ccccc3C(=O)O)c(C(C)(C)C)nc2c1. The predicted molar refractivity (Wildman–Crippen MR) is 96.2 cm³/mol. The average Bonchev–Trinajstić information content (AvgIpc) is 2.91. The van der Waals surface area contributed by atoms with Crippen LogP contribution in [0.3, 0.4) is 0 Å². The second kappa shape index (κ2) is 6.12. The van der Waals surface area contributed by atoms with E-state index in [1.165, 1.54) is 6.07 Å². The maximum absolute atomic E-state index is 11.3. The van der Waals surface area contributed by atoms with Gasteiger partial charge in [0.2, 0.25) is 0 Å². The summed E-state index contributed by atoms with van der Waals surface area (Å²) in [6.45, 7) is 8.19. The predicted octanol–water partition coefficient (Wildman–Crippen LogP) is 5.05. The molecule has 0 aliphatic rings. The van der Waals surface area contributed by atoms with Gasteiger partial charge in [0, 0.05) is 11.6 Å². The first kappa shape index (κ1) is 16.8. The van der Waals surface area contributed by atoms with Crippen molar-refractivity contribution in [3.8, 4) is 0 Å². The molecule has 0 fully saturated rings. The monoisotopic (exact) mass is 336 g/mol. The first-order chi connectivity index (χ1) is 11.8. The number of aryl methyl sites for hydroxylation is 1. The van der Waals surface area contributed by atoms with Crippen molar-refractivity contribution in [1.29, 1.82) is 0 Å². The first-order valence-electron chi connectivity index (χ1n) is 8.00. The van der Waals surface area contributed by atoms with E-state index in [4.69, 9.17) is 4.98 Å². The van der Waals surface area contributed by atoms with Crippen molar-refractivity contribution in [3.05, 3.63) is 59.4 Å². The van der Waals surface area contributed by atoms with Crippen LogP contribution in [-0.2, 0) is 5.41 Å². The lowest BCUT2D eigenvalue weighted by Crippen LogP contribution is -2.11. The number of fused-ring (bicyclic) bond motifs is 1. The minimum Gasteiger partial charge on any atom is -0.478 e. The average molecular weight is 336 g/mol. The minimum atomic E-state index is -1.03. The molecule has 0 aliphatic heterocycles. The fourth-order valence-corrected chi connectivity index (χ4v) is 2.58. The van der Waals surface area contributed by atoms with Crippen molar-refractivity contribution in [2.75, 3.05) is 0 Å². The Bertz CT molecular complexity index is 981. The molecule has 0 radical (unpaired) electrons. The molecule has 128 valence electrons. The van der Waals surface area contributed by atoms with Crippen molar-refractivity contribution < 1.29 is 9.90 Å². The second-order valence-corrected chi connectivity index (χ2v) is 6.99. The molecule has 0 unspecified atom stereocenters. The van der Waals surface area contributed by atoms with Crippen molar-refractivity contribution in [2.24, 2.45) is 10.2 Å². The molecule has 0 atom stereocenters. The summed E-state index contributed by atoms with van der Waals surface area (Å²) in [6, 6.07) is 10.5. The summed E-state index contributed by atoms with van der Waals surface area (Å²) in [6.07, 6.45) is 1.91. The number of pyridine rings is 1. The Morgan fingerprint density at radius 2 is 1.88 bits per heavy atom. The van der Waals surface area contributed by atoms with Gasteiger partial charge in [-0.05, 0) is 36.8 Å². The number of imidazole rings is 1. The zero-order chi connectivity index (χ0) is 18.2. The second-order valence-electron chi connectivity index (χ2n) is 6.99. The lowest BCUT2D eigenvalue weighted by molar-refractivity contribution is 0.0697. The zero-order valence-electron chi connectivity index (χ0n) is 14.7. The van der Waals surface area contributed by atoms with E-state index in [0.717, 1.165) is 16.9 Å². The number of hydrogen-bond acceptors (Lipinski definition) is 4. The molecule has 0 saturated heterocycles. The molecule has 6 nitrogen and oxygen atoms in total. The van der Waals surface area contributed by atoms with Gasteiger partial charge in [-0.1, -0.05) is 32.9 Å². The van der Waals surface area contributed by atoms with Crippen molar-refractivity contribution in [1.82, 2.24) is 9.38 Å². The summed E-state index contributed by atoms with van der Waals surface area (Å²) in [5, 5.41) is 17.9. The molecule has 3 aromatic rings. The normalized spacial score (nSPS) is 12.2. The van der Waals surface area contributed by atoms with Crippen LogP contribution >= 0.6 is 0 Å². The molecule has 3 rings (SSSR count). The summed E-state index contributed by atoms with van der Waals surface area (Å²) in [4.78, 5) is 16.0. The highest BCUT2D eigenvalue weighted by molar-refractivity contribution is 5.93. The van der Waals surface area contributed by atoms with Crippen LogP contribution in [0.25, 0.3) is 5.65 Å². The number of carboxylic acid groups (broad SMARTS) is 1. The van der Waals surface area contributed by atoms with Gasteiger partial charge < -0.3 is 5.11 Å². The fraction of sp³-hybridized carbons (Fsp3) is 0.263. The van der Waals surface area contributed by atoms with Crippen molar-refractivity contribution >= 4 is 23.1 Å². The van der Waals surface area contributed by atoms with Crippen LogP contribution in [0.15, 0.2) is 52.8 Å². The van der Waals surface area contributed by atoms with Crippen molar-refractivity contribution in [2.45, 2.75) is 33.1 Å². The van der Waals surface area contributed by atoms with Gasteiger partial charge in [-0.3, -0.25) is 4.40 Å². The Kier molecular flexibility index (Phi) is 4.12. The van der Waals surface area contributed by atoms with E-state index >= 15 is 0 Å². The smallest absolute Gasteiger partial charge is 0.337 e. The molecule has 0 aliphatic carbocycles. The molecule has 2 aromatic heterocycles. The molecular formula is C19H20N4O2. The molecule has 2 heterocycles. The highest BCUT2D eigenvalue weighted by Gasteiger charge is 2.24. The number of carboxylic acids is 1. The first-order valence-corrected chi connectivity index (χ1v) is 8.00. The van der Waals surface area contributed by atoms with E-state index in [0.29, 0.717) is 11.5 Å². The quantitative estimate of drug-likeness (QED) is 0.679. The van der Waals surface area contributed by atoms with E-state index < -0.39 is 5.97 Å². The van der Waals surface area contributed by atoms with E-state index in [9.17, 15) is 9.90 Å². The van der Waals surface area contributed by atoms with Gasteiger partial charge in [0.15, 0.2) is 5.82 Å². The zero-order valence-corrected chi connectivity index (χ0v) is 14.7. The number of carbonyl (C=O) groups is 1. The summed E-state index contributed by atoms with van der Waals surface area (Å²) in [5.41, 5.74) is 2.93. The Labute approximate surface area is 145 Å². The fourth-order valence-electron chi connectivity index (χ4n) is 2.58. The molecule has 1 aromatic carbocycles. The van der Waals surface area contributed by atoms with Gasteiger partial charge in [-0.15, -0.1) is 10.2 Å². The van der Waals surface area contributed by atoms with E-state index in [-0.39, 0.29) is 11.0 Å². The molecular weight excluding hydrogens is 316 g/mol. The van der Waals surface area contributed by atoms with Gasteiger partial charge >= 0.3 is 5.97 Å².